The number of fused-ring (bicyclic) bond motifs is 1. The molecule has 0 aliphatic carbocycles. The molecular weight excluding hydrogens is 134 g/mol. The van der Waals surface area contributed by atoms with Gasteiger partial charge < -0.3 is 5.32 Å². The summed E-state index contributed by atoms with van der Waals surface area (Å²) in [6.45, 7) is 2.06. The molecule has 0 atom stereocenters. The van der Waals surface area contributed by atoms with Crippen LogP contribution in [0.1, 0.15) is 12.5 Å². The molecule has 0 amide bonds. The van der Waals surface area contributed by atoms with Crippen molar-refractivity contribution in [1.82, 2.24) is 0 Å². The molecule has 1 aliphatic rings. The summed E-state index contributed by atoms with van der Waals surface area (Å²) in [5, 5.41) is 3.35. The Labute approximate surface area is 66.7 Å². The van der Waals surface area contributed by atoms with Gasteiger partial charge in [-0.15, -0.1) is 0 Å². The Hall–Kier alpha value is -1.24. The maximum Gasteiger partial charge on any atom is 0.0418 e. The summed E-state index contributed by atoms with van der Waals surface area (Å²) in [4.78, 5) is 0. The van der Waals surface area contributed by atoms with Crippen molar-refractivity contribution in [1.29, 1.82) is 0 Å². The van der Waals surface area contributed by atoms with Gasteiger partial charge in [0.25, 0.3) is 0 Å². The predicted octanol–water partition coefficient (Wildman–Crippen LogP) is 2.56. The fraction of sp³-hybridized carbons (Fsp3) is 0.200. The summed E-state index contributed by atoms with van der Waals surface area (Å²) in [5.74, 6) is 0. The number of para-hydroxylation sites is 1. The molecule has 0 aromatic heterocycles. The van der Waals surface area contributed by atoms with E-state index in [9.17, 15) is 0 Å². The third kappa shape index (κ3) is 1.03. The average molecular weight is 145 g/mol. The highest BCUT2D eigenvalue weighted by atomic mass is 14.9. The van der Waals surface area contributed by atoms with Gasteiger partial charge in [0.1, 0.15) is 0 Å². The molecule has 1 aromatic carbocycles. The van der Waals surface area contributed by atoms with E-state index in [-0.39, 0.29) is 0 Å². The first-order valence-electron chi connectivity index (χ1n) is 3.90. The Morgan fingerprint density at radius 1 is 1.36 bits per heavy atom. The molecule has 1 aromatic rings. The summed E-state index contributed by atoms with van der Waals surface area (Å²) in [6.07, 6.45) is 3.19. The molecule has 1 heteroatoms. The van der Waals surface area contributed by atoms with E-state index in [0.29, 0.717) is 0 Å². The van der Waals surface area contributed by atoms with Crippen molar-refractivity contribution in [3.8, 4) is 0 Å². The Kier molecular flexibility index (Phi) is 1.42. The first-order valence-corrected chi connectivity index (χ1v) is 3.90. The molecule has 0 bridgehead atoms. The van der Waals surface area contributed by atoms with Gasteiger partial charge in [0.05, 0.1) is 0 Å². The number of hydrogen-bond acceptors (Lipinski definition) is 1. The second kappa shape index (κ2) is 2.42. The van der Waals surface area contributed by atoms with Crippen LogP contribution in [0.4, 0.5) is 5.69 Å². The van der Waals surface area contributed by atoms with E-state index in [1.807, 2.05) is 0 Å². The van der Waals surface area contributed by atoms with E-state index in [2.05, 4.69) is 42.6 Å². The van der Waals surface area contributed by atoms with Gasteiger partial charge in [0.2, 0.25) is 0 Å². The van der Waals surface area contributed by atoms with E-state index < -0.39 is 0 Å². The fourth-order valence-electron chi connectivity index (χ4n) is 1.39. The molecule has 0 unspecified atom stereocenters. The molecule has 1 N–H and O–H groups in total. The van der Waals surface area contributed by atoms with Gasteiger partial charge in [-0.25, -0.2) is 0 Å². The number of anilines is 1. The first kappa shape index (κ1) is 6.47. The molecule has 0 fully saturated rings. The Bertz CT molecular complexity index is 272. The minimum atomic E-state index is 1.06. The lowest BCUT2D eigenvalue weighted by Crippen LogP contribution is -1.89. The van der Waals surface area contributed by atoms with Crippen molar-refractivity contribution in [2.45, 2.75) is 13.3 Å². The van der Waals surface area contributed by atoms with Crippen molar-refractivity contribution in [3.63, 3.8) is 0 Å². The first-order chi connectivity index (χ1) is 5.40. The molecule has 0 saturated carbocycles. The predicted molar refractivity (Wildman–Crippen MR) is 47.5 cm³/mol. The van der Waals surface area contributed by atoms with E-state index in [0.717, 1.165) is 6.42 Å². The van der Waals surface area contributed by atoms with Gasteiger partial charge in [0.15, 0.2) is 0 Å². The smallest absolute Gasteiger partial charge is 0.0418 e. The topological polar surface area (TPSA) is 12.0 Å². The molecule has 2 rings (SSSR count). The Balaban J connectivity index is 2.41. The van der Waals surface area contributed by atoms with Crippen molar-refractivity contribution in [3.05, 3.63) is 41.6 Å². The monoisotopic (exact) mass is 145 g/mol. The summed E-state index contributed by atoms with van der Waals surface area (Å²) >= 11 is 0. The van der Waals surface area contributed by atoms with Crippen LogP contribution in [0.25, 0.3) is 0 Å². The van der Waals surface area contributed by atoms with Crippen LogP contribution in [0.3, 0.4) is 0 Å². The van der Waals surface area contributed by atoms with Gasteiger partial charge in [-0.2, -0.15) is 0 Å². The van der Waals surface area contributed by atoms with Crippen LogP contribution >= 0.6 is 0 Å². The zero-order chi connectivity index (χ0) is 7.68. The van der Waals surface area contributed by atoms with E-state index in [1.165, 1.54) is 16.9 Å². The maximum absolute atomic E-state index is 3.35. The molecule has 1 nitrogen and oxygen atoms in total. The number of hydrogen-bond donors (Lipinski definition) is 1. The quantitative estimate of drug-likeness (QED) is 0.591. The zero-order valence-corrected chi connectivity index (χ0v) is 6.59. The highest BCUT2D eigenvalue weighted by Crippen LogP contribution is 2.26. The Morgan fingerprint density at radius 2 is 2.18 bits per heavy atom. The van der Waals surface area contributed by atoms with Gasteiger partial charge >= 0.3 is 0 Å². The van der Waals surface area contributed by atoms with Crippen LogP contribution in [-0.2, 0) is 6.42 Å². The number of nitrogens with one attached hydrogen (secondary N) is 1. The number of benzene rings is 1. The van der Waals surface area contributed by atoms with Crippen molar-refractivity contribution in [2.24, 2.45) is 0 Å². The van der Waals surface area contributed by atoms with Crippen LogP contribution in [0, 0.1) is 0 Å². The van der Waals surface area contributed by atoms with Crippen molar-refractivity contribution >= 4 is 5.69 Å². The third-order valence-electron chi connectivity index (χ3n) is 2.04. The normalized spacial score (nSPS) is 18.1. The second-order valence-corrected chi connectivity index (χ2v) is 2.77. The minimum Gasteiger partial charge on any atom is -0.359 e. The second-order valence-electron chi connectivity index (χ2n) is 2.77. The van der Waals surface area contributed by atoms with Crippen LogP contribution < -0.4 is 5.32 Å². The van der Waals surface area contributed by atoms with Crippen LogP contribution in [0.5, 0.6) is 0 Å². The van der Waals surface area contributed by atoms with Gasteiger partial charge in [-0.05, 0) is 18.6 Å². The summed E-state index contributed by atoms with van der Waals surface area (Å²) < 4.78 is 0. The molecule has 1 heterocycles. The lowest BCUT2D eigenvalue weighted by Gasteiger charge is -1.96. The molecule has 1 aliphatic heterocycles. The minimum absolute atomic E-state index is 1.06. The van der Waals surface area contributed by atoms with E-state index >= 15 is 0 Å². The molecule has 0 spiro atoms. The standard InChI is InChI=1S/C10H11N/c1-2-9-7-8-5-3-4-6-10(8)11-9/h2-6,11H,7H2,1H3. The van der Waals surface area contributed by atoms with Gasteiger partial charge in [-0.3, -0.25) is 0 Å². The van der Waals surface area contributed by atoms with E-state index in [4.69, 9.17) is 0 Å². The lowest BCUT2D eigenvalue weighted by atomic mass is 10.1. The molecule has 11 heavy (non-hydrogen) atoms. The maximum atomic E-state index is 3.35. The third-order valence-corrected chi connectivity index (χ3v) is 2.04. The van der Waals surface area contributed by atoms with E-state index in [1.54, 1.807) is 0 Å². The average Bonchev–Trinajstić information content (AvgIpc) is 2.46. The molecular formula is C10H11N. The SMILES string of the molecule is CC=C1Cc2ccccc2N1. The lowest BCUT2D eigenvalue weighted by molar-refractivity contribution is 1.23. The summed E-state index contributed by atoms with van der Waals surface area (Å²) in [6, 6.07) is 8.42. The number of rotatable bonds is 0. The Morgan fingerprint density at radius 3 is 2.91 bits per heavy atom. The molecule has 0 saturated heterocycles. The summed E-state index contributed by atoms with van der Waals surface area (Å²) in [5.41, 5.74) is 3.98. The highest BCUT2D eigenvalue weighted by molar-refractivity contribution is 5.61. The van der Waals surface area contributed by atoms with Crippen molar-refractivity contribution < 1.29 is 0 Å². The van der Waals surface area contributed by atoms with Crippen LogP contribution in [0.2, 0.25) is 0 Å². The van der Waals surface area contributed by atoms with Crippen LogP contribution in [-0.4, -0.2) is 0 Å². The largest absolute Gasteiger partial charge is 0.359 e. The highest BCUT2D eigenvalue weighted by Gasteiger charge is 2.11. The van der Waals surface area contributed by atoms with Crippen LogP contribution in [0.15, 0.2) is 36.0 Å². The molecule has 0 radical (unpaired) electrons. The molecule has 56 valence electrons. The zero-order valence-electron chi connectivity index (χ0n) is 6.59. The fourth-order valence-corrected chi connectivity index (χ4v) is 1.39. The van der Waals surface area contributed by atoms with Gasteiger partial charge in [0, 0.05) is 17.8 Å². The van der Waals surface area contributed by atoms with Gasteiger partial charge in [-0.1, -0.05) is 24.3 Å². The number of allylic oxidation sites excluding steroid dienone is 2. The van der Waals surface area contributed by atoms with Crippen molar-refractivity contribution in [2.75, 3.05) is 5.32 Å². The summed E-state index contributed by atoms with van der Waals surface area (Å²) in [7, 11) is 0.